The fraction of sp³-hybridized carbons (Fsp3) is 0.467. The molecule has 0 atom stereocenters. The molecular weight excluding hydrogens is 349 g/mol. The predicted molar refractivity (Wildman–Crippen MR) is 78.2 cm³/mol. The monoisotopic (exact) mass is 365 g/mol. The van der Waals surface area contributed by atoms with Crippen molar-refractivity contribution in [2.75, 3.05) is 13.2 Å². The van der Waals surface area contributed by atoms with Crippen LogP contribution in [0.5, 0.6) is 11.5 Å². The predicted octanol–water partition coefficient (Wildman–Crippen LogP) is -2.00. The van der Waals surface area contributed by atoms with Gasteiger partial charge < -0.3 is 19.4 Å². The zero-order valence-corrected chi connectivity index (χ0v) is 16.6. The van der Waals surface area contributed by atoms with E-state index in [9.17, 15) is 19.9 Å². The van der Waals surface area contributed by atoms with E-state index < -0.39 is 17.3 Å². The summed E-state index contributed by atoms with van der Waals surface area (Å²) >= 11 is 6.13. The average molecular weight is 366 g/mol. The number of halogens is 1. The molecule has 0 aliphatic carbocycles. The zero-order chi connectivity index (χ0) is 17.2. The molecule has 126 valence electrons. The molecule has 0 bridgehead atoms. The number of fused-ring (bicyclic) bond motifs is 1. The van der Waals surface area contributed by atoms with Crippen molar-refractivity contribution in [1.29, 1.82) is 0 Å². The Morgan fingerprint density at radius 2 is 1.83 bits per heavy atom. The molecule has 1 aromatic carbocycles. The summed E-state index contributed by atoms with van der Waals surface area (Å²) in [4.78, 5) is 23.0. The van der Waals surface area contributed by atoms with Gasteiger partial charge in [0.1, 0.15) is 0 Å². The summed E-state index contributed by atoms with van der Waals surface area (Å²) in [7, 11) is 0. The number of benzene rings is 1. The first-order chi connectivity index (χ1) is 10.7. The van der Waals surface area contributed by atoms with Gasteiger partial charge in [-0.1, -0.05) is 11.6 Å². The summed E-state index contributed by atoms with van der Waals surface area (Å²) < 4.78 is 11.0. The maximum absolute atomic E-state index is 12.0. The van der Waals surface area contributed by atoms with Crippen LogP contribution in [0.25, 0.3) is 0 Å². The number of carboxylic acid groups (broad SMARTS) is 1. The molecule has 0 saturated carbocycles. The first kappa shape index (κ1) is 21.1. The summed E-state index contributed by atoms with van der Waals surface area (Å²) in [5.74, 6) is -1.63. The first-order valence-corrected chi connectivity index (χ1v) is 7.41. The second kappa shape index (κ2) is 8.40. The van der Waals surface area contributed by atoms with Gasteiger partial charge in [0.15, 0.2) is 11.5 Å². The van der Waals surface area contributed by atoms with Gasteiger partial charge in [-0.25, -0.2) is 5.06 Å². The maximum Gasteiger partial charge on any atom is 1.00 e. The Hall–Kier alpha value is -0.990. The molecule has 2 rings (SSSR count). The Kier molecular flexibility index (Phi) is 7.37. The van der Waals surface area contributed by atoms with E-state index in [1.54, 1.807) is 12.1 Å². The van der Waals surface area contributed by atoms with Gasteiger partial charge in [-0.15, -0.1) is 0 Å². The van der Waals surface area contributed by atoms with Crippen LogP contribution in [0.4, 0.5) is 0 Å². The Bertz CT molecular complexity index is 637. The molecule has 0 fully saturated rings. The molecule has 1 aliphatic heterocycles. The number of ether oxygens (including phenoxy) is 2. The van der Waals surface area contributed by atoms with Crippen molar-refractivity contribution in [2.45, 2.75) is 26.8 Å². The summed E-state index contributed by atoms with van der Waals surface area (Å²) in [5, 5.41) is 21.5. The van der Waals surface area contributed by atoms with E-state index >= 15 is 0 Å². The van der Waals surface area contributed by atoms with Crippen LogP contribution in [0.3, 0.4) is 0 Å². The van der Waals surface area contributed by atoms with Crippen LogP contribution in [0.15, 0.2) is 12.1 Å². The van der Waals surface area contributed by atoms with Crippen molar-refractivity contribution in [3.8, 4) is 11.5 Å². The number of rotatable bonds is 4. The third-order valence-corrected chi connectivity index (χ3v) is 3.87. The van der Waals surface area contributed by atoms with E-state index in [0.29, 0.717) is 35.3 Å². The number of hydrogen-bond donors (Lipinski definition) is 1. The second-order valence-electron chi connectivity index (χ2n) is 5.72. The normalized spacial score (nSPS) is 13.5. The van der Waals surface area contributed by atoms with Crippen LogP contribution in [0.2, 0.25) is 5.02 Å². The smallest absolute Gasteiger partial charge is 0.549 e. The van der Waals surface area contributed by atoms with Gasteiger partial charge in [0.05, 0.1) is 31.1 Å². The Balaban J connectivity index is 0.00000288. The molecule has 0 saturated heterocycles. The fourth-order valence-corrected chi connectivity index (χ4v) is 2.20. The Morgan fingerprint density at radius 3 is 2.38 bits per heavy atom. The second-order valence-corrected chi connectivity index (χ2v) is 6.12. The Morgan fingerprint density at radius 1 is 1.29 bits per heavy atom. The zero-order valence-electron chi connectivity index (χ0n) is 13.8. The van der Waals surface area contributed by atoms with E-state index in [2.05, 4.69) is 0 Å². The summed E-state index contributed by atoms with van der Waals surface area (Å²) in [6.07, 6.45) is 0.728. The van der Waals surface area contributed by atoms with Crippen LogP contribution < -0.4 is 44.1 Å². The van der Waals surface area contributed by atoms with Gasteiger partial charge in [-0.05, 0) is 25.5 Å². The minimum Gasteiger partial charge on any atom is -0.549 e. The molecule has 1 aromatic rings. The molecule has 0 aromatic heterocycles. The molecule has 9 heteroatoms. The van der Waals surface area contributed by atoms with Crippen LogP contribution in [-0.4, -0.2) is 35.4 Å². The first-order valence-electron chi connectivity index (χ1n) is 7.04. The largest absolute Gasteiger partial charge is 1.00 e. The van der Waals surface area contributed by atoms with Gasteiger partial charge in [-0.2, -0.15) is 0 Å². The van der Waals surface area contributed by atoms with Crippen molar-refractivity contribution in [3.05, 3.63) is 22.7 Å². The van der Waals surface area contributed by atoms with Crippen molar-refractivity contribution in [2.24, 2.45) is 5.41 Å². The number of hydrogen-bond acceptors (Lipinski definition) is 6. The van der Waals surface area contributed by atoms with E-state index in [1.807, 2.05) is 0 Å². The van der Waals surface area contributed by atoms with E-state index in [-0.39, 0.29) is 41.1 Å². The van der Waals surface area contributed by atoms with Gasteiger partial charge in [0.2, 0.25) is 0 Å². The number of carbonyl (C=O) groups is 2. The maximum atomic E-state index is 12.0. The average Bonchev–Trinajstić information content (AvgIpc) is 2.71. The summed E-state index contributed by atoms with van der Waals surface area (Å²) in [5.41, 5.74) is -1.45. The van der Waals surface area contributed by atoms with Crippen molar-refractivity contribution in [3.63, 3.8) is 0 Å². The molecule has 1 N–H and O–H groups in total. The standard InChI is InChI=1S/C15H18ClNO6.Na/c1-15(2,14(19)20)13(18)17(21)8-9-6-11-12(7-10(9)16)23-5-3-4-22-11;/h6-7,21H,3-5,8H2,1-2H3,(H,19,20);/q;+1/p-1. The number of nitrogens with zero attached hydrogens (tertiary/aromatic N) is 1. The van der Waals surface area contributed by atoms with Crippen LogP contribution in [0, 0.1) is 5.41 Å². The van der Waals surface area contributed by atoms with Crippen molar-refractivity contribution in [1.82, 2.24) is 5.06 Å². The topological polar surface area (TPSA) is 99.1 Å². The van der Waals surface area contributed by atoms with Gasteiger partial charge >= 0.3 is 29.6 Å². The number of carbonyl (C=O) groups excluding carboxylic acids is 2. The van der Waals surface area contributed by atoms with Crippen LogP contribution in [0.1, 0.15) is 25.8 Å². The third-order valence-electron chi connectivity index (χ3n) is 3.52. The number of amides is 1. The van der Waals surface area contributed by atoms with E-state index in [4.69, 9.17) is 21.1 Å². The Labute approximate surface area is 166 Å². The molecule has 24 heavy (non-hydrogen) atoms. The molecule has 0 unspecified atom stereocenters. The van der Waals surface area contributed by atoms with Gasteiger partial charge in [-0.3, -0.25) is 10.0 Å². The van der Waals surface area contributed by atoms with E-state index in [0.717, 1.165) is 20.3 Å². The van der Waals surface area contributed by atoms with Crippen LogP contribution in [-0.2, 0) is 16.1 Å². The molecular formula is C15H17ClNNaO6. The van der Waals surface area contributed by atoms with Gasteiger partial charge in [0, 0.05) is 17.5 Å². The minimum atomic E-state index is -1.85. The number of hydroxylamine groups is 2. The quantitative estimate of drug-likeness (QED) is 0.287. The summed E-state index contributed by atoms with van der Waals surface area (Å²) in [6.45, 7) is 3.01. The molecule has 0 radical (unpaired) electrons. The molecule has 1 amide bonds. The third kappa shape index (κ3) is 4.55. The van der Waals surface area contributed by atoms with Crippen molar-refractivity contribution < 1.29 is 58.9 Å². The fourth-order valence-electron chi connectivity index (χ4n) is 1.99. The summed E-state index contributed by atoms with van der Waals surface area (Å²) in [6, 6.07) is 3.10. The van der Waals surface area contributed by atoms with Gasteiger partial charge in [0.25, 0.3) is 5.91 Å². The minimum absolute atomic E-state index is 0. The molecule has 0 spiro atoms. The molecule has 1 aliphatic rings. The number of aliphatic carboxylic acids is 1. The molecule has 1 heterocycles. The van der Waals surface area contributed by atoms with E-state index in [1.165, 1.54) is 0 Å². The van der Waals surface area contributed by atoms with Crippen LogP contribution >= 0.6 is 11.6 Å². The number of carboxylic acids is 1. The SMILES string of the molecule is CC(C)(C(=O)[O-])C(=O)N(O)Cc1cc2c(cc1Cl)OCCCO2.[Na+]. The molecule has 7 nitrogen and oxygen atoms in total. The van der Waals surface area contributed by atoms with Crippen molar-refractivity contribution >= 4 is 23.5 Å².